The van der Waals surface area contributed by atoms with Crippen molar-refractivity contribution in [3.63, 3.8) is 0 Å². The number of anilines is 1. The lowest BCUT2D eigenvalue weighted by Crippen LogP contribution is -2.14. The highest BCUT2D eigenvalue weighted by molar-refractivity contribution is 7.92. The number of carboxylic acid groups (broad SMARTS) is 1. The van der Waals surface area contributed by atoms with Gasteiger partial charge < -0.3 is 9.52 Å². The maximum Gasteiger partial charge on any atom is 0.337 e. The van der Waals surface area contributed by atoms with Crippen LogP contribution in [0.25, 0.3) is 22.6 Å². The number of carbonyl (C=O) groups is 1. The van der Waals surface area contributed by atoms with E-state index in [1.54, 1.807) is 42.5 Å². The summed E-state index contributed by atoms with van der Waals surface area (Å²) in [6.07, 6.45) is 0. The zero-order chi connectivity index (χ0) is 21.5. The molecule has 0 fully saturated rings. The minimum atomic E-state index is -4.01. The van der Waals surface area contributed by atoms with Gasteiger partial charge in [-0.1, -0.05) is 23.2 Å². The number of sulfonamides is 1. The van der Waals surface area contributed by atoms with Crippen LogP contribution in [-0.4, -0.2) is 24.5 Å². The van der Waals surface area contributed by atoms with Gasteiger partial charge in [0.2, 0.25) is 5.89 Å². The predicted molar refractivity (Wildman–Crippen MR) is 114 cm³/mol. The van der Waals surface area contributed by atoms with Crippen molar-refractivity contribution >= 4 is 56.0 Å². The zero-order valence-electron chi connectivity index (χ0n) is 15.0. The third-order valence-electron chi connectivity index (χ3n) is 4.21. The van der Waals surface area contributed by atoms with Crippen LogP contribution in [-0.2, 0) is 10.0 Å². The van der Waals surface area contributed by atoms with E-state index >= 15 is 0 Å². The third-order valence-corrected chi connectivity index (χ3v) is 6.16. The molecule has 4 aromatic rings. The maximum absolute atomic E-state index is 12.6. The first-order valence-electron chi connectivity index (χ1n) is 8.45. The van der Waals surface area contributed by atoms with Crippen LogP contribution in [0, 0.1) is 0 Å². The number of aromatic nitrogens is 1. The Labute approximate surface area is 180 Å². The second-order valence-corrected chi connectivity index (χ2v) is 8.79. The third kappa shape index (κ3) is 3.97. The Kier molecular flexibility index (Phi) is 5.15. The predicted octanol–water partition coefficient (Wildman–Crippen LogP) is 5.30. The molecule has 0 amide bonds. The molecule has 0 atom stereocenters. The molecule has 2 N–H and O–H groups in total. The quantitative estimate of drug-likeness (QED) is 0.416. The molecule has 30 heavy (non-hydrogen) atoms. The van der Waals surface area contributed by atoms with Crippen LogP contribution in [0.3, 0.4) is 0 Å². The summed E-state index contributed by atoms with van der Waals surface area (Å²) in [7, 11) is -4.01. The van der Waals surface area contributed by atoms with Gasteiger partial charge in [0, 0.05) is 16.3 Å². The van der Waals surface area contributed by atoms with Crippen LogP contribution in [0.1, 0.15) is 10.4 Å². The molecule has 1 aromatic heterocycles. The zero-order valence-corrected chi connectivity index (χ0v) is 17.3. The monoisotopic (exact) mass is 462 g/mol. The van der Waals surface area contributed by atoms with E-state index in [1.807, 2.05) is 0 Å². The number of hydrogen-bond donors (Lipinski definition) is 2. The summed E-state index contributed by atoms with van der Waals surface area (Å²) in [5, 5.41) is 9.62. The summed E-state index contributed by atoms with van der Waals surface area (Å²) in [5.41, 5.74) is 1.82. The van der Waals surface area contributed by atoms with Gasteiger partial charge in [-0.05, 0) is 60.7 Å². The first-order chi connectivity index (χ1) is 14.2. The minimum absolute atomic E-state index is 0.0505. The fraction of sp³-hybridized carbons (Fsp3) is 0. The lowest BCUT2D eigenvalue weighted by Gasteiger charge is -2.09. The summed E-state index contributed by atoms with van der Waals surface area (Å²) in [5.74, 6) is -0.952. The Balaban J connectivity index is 1.59. The van der Waals surface area contributed by atoms with Gasteiger partial charge in [-0.25, -0.2) is 18.2 Å². The van der Waals surface area contributed by atoms with Crippen LogP contribution < -0.4 is 4.72 Å². The number of halogens is 2. The molecule has 0 saturated heterocycles. The van der Waals surface area contributed by atoms with E-state index < -0.39 is 16.0 Å². The number of aromatic carboxylic acids is 1. The van der Waals surface area contributed by atoms with Gasteiger partial charge in [0.15, 0.2) is 5.58 Å². The largest absolute Gasteiger partial charge is 0.478 e. The second kappa shape index (κ2) is 7.64. The van der Waals surface area contributed by atoms with Gasteiger partial charge in [-0.2, -0.15) is 0 Å². The topological polar surface area (TPSA) is 110 Å². The number of benzene rings is 3. The first kappa shape index (κ1) is 20.2. The minimum Gasteiger partial charge on any atom is -0.478 e. The molecular formula is C20H12Cl2N2O5S. The van der Waals surface area contributed by atoms with Gasteiger partial charge in [-0.15, -0.1) is 0 Å². The number of hydrogen-bond acceptors (Lipinski definition) is 5. The molecule has 0 saturated carbocycles. The molecule has 0 spiro atoms. The molecule has 0 aliphatic heterocycles. The van der Waals surface area contributed by atoms with Gasteiger partial charge >= 0.3 is 5.97 Å². The molecule has 152 valence electrons. The van der Waals surface area contributed by atoms with Crippen molar-refractivity contribution in [2.45, 2.75) is 4.90 Å². The number of carboxylic acids is 1. The summed E-state index contributed by atoms with van der Waals surface area (Å²) in [4.78, 5) is 15.3. The number of fused-ring (bicyclic) bond motifs is 1. The van der Waals surface area contributed by atoms with E-state index in [0.29, 0.717) is 27.6 Å². The smallest absolute Gasteiger partial charge is 0.337 e. The number of nitrogens with zero attached hydrogens (tertiary/aromatic N) is 1. The molecule has 1 heterocycles. The maximum atomic E-state index is 12.6. The standard InChI is InChI=1S/C20H12Cl2N2O5S/c21-12-3-8-18-17(9-12)23-19(29-18)11-1-4-13(5-2-11)24-30(27,28)14-6-7-16(22)15(10-14)20(25)26/h1-10,24H,(H,25,26). The van der Waals surface area contributed by atoms with Crippen molar-refractivity contribution in [1.29, 1.82) is 0 Å². The van der Waals surface area contributed by atoms with Crippen molar-refractivity contribution in [1.82, 2.24) is 4.98 Å². The van der Waals surface area contributed by atoms with Crippen molar-refractivity contribution in [3.05, 3.63) is 76.3 Å². The Hall–Kier alpha value is -3.07. The van der Waals surface area contributed by atoms with Gasteiger partial charge in [0.05, 0.1) is 15.5 Å². The highest BCUT2D eigenvalue weighted by Crippen LogP contribution is 2.28. The van der Waals surface area contributed by atoms with Crippen LogP contribution >= 0.6 is 23.2 Å². The van der Waals surface area contributed by atoms with Crippen LogP contribution in [0.15, 0.2) is 70.0 Å². The normalized spacial score (nSPS) is 11.5. The molecule has 0 bridgehead atoms. The van der Waals surface area contributed by atoms with E-state index in [4.69, 9.17) is 32.7 Å². The molecule has 0 aliphatic rings. The first-order valence-corrected chi connectivity index (χ1v) is 10.7. The Bertz CT molecular complexity index is 1380. The second-order valence-electron chi connectivity index (χ2n) is 6.26. The van der Waals surface area contributed by atoms with E-state index in [9.17, 15) is 13.2 Å². The van der Waals surface area contributed by atoms with Crippen molar-refractivity contribution in [3.8, 4) is 11.5 Å². The van der Waals surface area contributed by atoms with Gasteiger partial charge in [-0.3, -0.25) is 4.72 Å². The summed E-state index contributed by atoms with van der Waals surface area (Å²) in [6.45, 7) is 0. The summed E-state index contributed by atoms with van der Waals surface area (Å²) >= 11 is 11.8. The highest BCUT2D eigenvalue weighted by Gasteiger charge is 2.19. The lowest BCUT2D eigenvalue weighted by atomic mass is 10.2. The fourth-order valence-corrected chi connectivity index (χ4v) is 4.20. The number of nitrogens with one attached hydrogen (secondary N) is 1. The van der Waals surface area contributed by atoms with Crippen molar-refractivity contribution < 1.29 is 22.7 Å². The van der Waals surface area contributed by atoms with Gasteiger partial charge in [0.25, 0.3) is 10.0 Å². The molecule has 4 rings (SSSR count). The fourth-order valence-electron chi connectivity index (χ4n) is 2.75. The number of oxazole rings is 1. The molecular weight excluding hydrogens is 451 g/mol. The molecule has 0 radical (unpaired) electrons. The van der Waals surface area contributed by atoms with Crippen LogP contribution in [0.4, 0.5) is 5.69 Å². The van der Waals surface area contributed by atoms with Crippen LogP contribution in [0.2, 0.25) is 10.0 Å². The van der Waals surface area contributed by atoms with E-state index in [1.165, 1.54) is 12.1 Å². The van der Waals surface area contributed by atoms with E-state index in [0.717, 1.165) is 6.07 Å². The average Bonchev–Trinajstić information content (AvgIpc) is 3.11. The van der Waals surface area contributed by atoms with Crippen molar-refractivity contribution in [2.24, 2.45) is 0 Å². The van der Waals surface area contributed by atoms with E-state index in [2.05, 4.69) is 9.71 Å². The van der Waals surface area contributed by atoms with E-state index in [-0.39, 0.29) is 21.2 Å². The highest BCUT2D eigenvalue weighted by atomic mass is 35.5. The number of rotatable bonds is 5. The lowest BCUT2D eigenvalue weighted by molar-refractivity contribution is 0.0697. The Morgan fingerprint density at radius 1 is 1.00 bits per heavy atom. The Morgan fingerprint density at radius 3 is 2.43 bits per heavy atom. The van der Waals surface area contributed by atoms with Gasteiger partial charge in [0.1, 0.15) is 5.52 Å². The average molecular weight is 463 g/mol. The molecule has 3 aromatic carbocycles. The molecule has 0 unspecified atom stereocenters. The summed E-state index contributed by atoms with van der Waals surface area (Å²) in [6, 6.07) is 14.9. The Morgan fingerprint density at radius 2 is 1.73 bits per heavy atom. The van der Waals surface area contributed by atoms with Crippen LogP contribution in [0.5, 0.6) is 0 Å². The summed E-state index contributed by atoms with van der Waals surface area (Å²) < 4.78 is 33.3. The molecule has 10 heteroatoms. The SMILES string of the molecule is O=C(O)c1cc(S(=O)(=O)Nc2ccc(-c3nc4cc(Cl)ccc4o3)cc2)ccc1Cl. The van der Waals surface area contributed by atoms with Crippen molar-refractivity contribution in [2.75, 3.05) is 4.72 Å². The molecule has 0 aliphatic carbocycles. The molecule has 7 nitrogen and oxygen atoms in total.